The zero-order valence-corrected chi connectivity index (χ0v) is 15.1. The second-order valence-electron chi connectivity index (χ2n) is 7.63. The van der Waals surface area contributed by atoms with Gasteiger partial charge in [-0.1, -0.05) is 20.3 Å². The molecule has 0 saturated carbocycles. The van der Waals surface area contributed by atoms with Crippen LogP contribution < -0.4 is 5.32 Å². The lowest BCUT2D eigenvalue weighted by molar-refractivity contribution is 0.0496. The predicted molar refractivity (Wildman–Crippen MR) is 93.6 cm³/mol. The number of fused-ring (bicyclic) bond motifs is 2. The van der Waals surface area contributed by atoms with Crippen LogP contribution in [-0.2, 0) is 0 Å². The lowest BCUT2D eigenvalue weighted by Gasteiger charge is -2.47. The molecule has 3 saturated heterocycles. The van der Waals surface area contributed by atoms with E-state index in [1.807, 2.05) is 4.90 Å². The second-order valence-corrected chi connectivity index (χ2v) is 7.63. The number of hydrogen-bond donors (Lipinski definition) is 1. The number of carbonyl (C=O) groups is 1. The van der Waals surface area contributed by atoms with Crippen molar-refractivity contribution in [2.75, 3.05) is 33.2 Å². The maximum atomic E-state index is 12.6. The van der Waals surface area contributed by atoms with Gasteiger partial charge in [0, 0.05) is 37.3 Å². The van der Waals surface area contributed by atoms with Crippen molar-refractivity contribution in [3.63, 3.8) is 0 Å². The Labute approximate surface area is 141 Å². The van der Waals surface area contributed by atoms with E-state index in [1.165, 1.54) is 19.3 Å². The molecular weight excluding hydrogens is 288 g/mol. The Bertz CT molecular complexity index is 398. The monoisotopic (exact) mass is 322 g/mol. The van der Waals surface area contributed by atoms with Crippen LogP contribution in [-0.4, -0.2) is 78.1 Å². The summed E-state index contributed by atoms with van der Waals surface area (Å²) < 4.78 is 0. The van der Waals surface area contributed by atoms with Crippen molar-refractivity contribution in [1.82, 2.24) is 20.0 Å². The molecule has 3 aliphatic rings. The number of amides is 2. The van der Waals surface area contributed by atoms with Crippen molar-refractivity contribution >= 4 is 6.03 Å². The van der Waals surface area contributed by atoms with Crippen molar-refractivity contribution < 1.29 is 4.79 Å². The molecule has 2 unspecified atom stereocenters. The largest absolute Gasteiger partial charge is 0.335 e. The molecule has 3 fully saturated rings. The normalized spacial score (nSPS) is 34.9. The van der Waals surface area contributed by atoms with Gasteiger partial charge in [0.05, 0.1) is 0 Å². The van der Waals surface area contributed by atoms with E-state index in [0.29, 0.717) is 24.2 Å². The van der Waals surface area contributed by atoms with Crippen molar-refractivity contribution in [3.8, 4) is 0 Å². The Kier molecular flexibility index (Phi) is 5.47. The third-order valence-electron chi connectivity index (χ3n) is 6.45. The zero-order valence-electron chi connectivity index (χ0n) is 15.1. The highest BCUT2D eigenvalue weighted by molar-refractivity contribution is 5.75. The van der Waals surface area contributed by atoms with Gasteiger partial charge in [0.2, 0.25) is 0 Å². The number of likely N-dealkylation sites (tertiary alicyclic amines) is 1. The molecule has 132 valence electrons. The fraction of sp³-hybridized carbons (Fsp3) is 0.944. The molecule has 0 radical (unpaired) electrons. The molecule has 0 aliphatic carbocycles. The average molecular weight is 322 g/mol. The van der Waals surface area contributed by atoms with Gasteiger partial charge in [0.1, 0.15) is 0 Å². The average Bonchev–Trinajstić information content (AvgIpc) is 2.99. The van der Waals surface area contributed by atoms with E-state index in [4.69, 9.17) is 0 Å². The number of hydrogen-bond acceptors (Lipinski definition) is 3. The minimum Gasteiger partial charge on any atom is -0.335 e. The lowest BCUT2D eigenvalue weighted by atomic mass is 9.82. The van der Waals surface area contributed by atoms with Crippen LogP contribution in [0.5, 0.6) is 0 Å². The quantitative estimate of drug-likeness (QED) is 0.862. The molecule has 3 aliphatic heterocycles. The van der Waals surface area contributed by atoms with E-state index in [0.717, 1.165) is 45.4 Å². The summed E-state index contributed by atoms with van der Waals surface area (Å²) in [6.07, 6.45) is 7.34. The van der Waals surface area contributed by atoms with Gasteiger partial charge in [-0.15, -0.1) is 0 Å². The molecule has 0 aromatic heterocycles. The van der Waals surface area contributed by atoms with Crippen LogP contribution in [0.4, 0.5) is 4.79 Å². The molecule has 3 heterocycles. The van der Waals surface area contributed by atoms with Gasteiger partial charge in [-0.25, -0.2) is 4.79 Å². The molecule has 0 spiro atoms. The van der Waals surface area contributed by atoms with Crippen molar-refractivity contribution in [2.24, 2.45) is 0 Å². The topological polar surface area (TPSA) is 38.8 Å². The first kappa shape index (κ1) is 17.0. The van der Waals surface area contributed by atoms with Crippen LogP contribution >= 0.6 is 0 Å². The van der Waals surface area contributed by atoms with Crippen LogP contribution in [0.25, 0.3) is 0 Å². The SMILES string of the molecule is CCN(CC)C1CCN(C(=O)NC2C[C@H]3CCC[C@@H](C2)N3C)C1. The molecule has 4 atom stereocenters. The number of likely N-dealkylation sites (N-methyl/N-ethyl adjacent to an activating group) is 1. The summed E-state index contributed by atoms with van der Waals surface area (Å²) >= 11 is 0. The number of carbonyl (C=O) groups excluding carboxylic acids is 1. The molecule has 1 N–H and O–H groups in total. The first-order chi connectivity index (χ1) is 11.1. The molecule has 5 heteroatoms. The third-order valence-corrected chi connectivity index (χ3v) is 6.45. The Morgan fingerprint density at radius 2 is 1.78 bits per heavy atom. The highest BCUT2D eigenvalue weighted by Gasteiger charge is 2.37. The summed E-state index contributed by atoms with van der Waals surface area (Å²) in [7, 11) is 2.27. The maximum absolute atomic E-state index is 12.6. The second kappa shape index (κ2) is 7.39. The first-order valence-corrected chi connectivity index (χ1v) is 9.63. The van der Waals surface area contributed by atoms with Crippen LogP contribution in [0.3, 0.4) is 0 Å². The number of nitrogens with zero attached hydrogens (tertiary/aromatic N) is 3. The van der Waals surface area contributed by atoms with Gasteiger partial charge in [-0.05, 0) is 52.2 Å². The fourth-order valence-corrected chi connectivity index (χ4v) is 4.96. The van der Waals surface area contributed by atoms with E-state index in [-0.39, 0.29) is 6.03 Å². The molecule has 3 rings (SSSR count). The van der Waals surface area contributed by atoms with Gasteiger partial charge in [0.15, 0.2) is 0 Å². The van der Waals surface area contributed by atoms with E-state index in [1.54, 1.807) is 0 Å². The summed E-state index contributed by atoms with van der Waals surface area (Å²) in [5, 5.41) is 3.35. The summed E-state index contributed by atoms with van der Waals surface area (Å²) in [5.74, 6) is 0. The van der Waals surface area contributed by atoms with E-state index < -0.39 is 0 Å². The van der Waals surface area contributed by atoms with Crippen molar-refractivity contribution in [3.05, 3.63) is 0 Å². The Morgan fingerprint density at radius 3 is 2.39 bits per heavy atom. The predicted octanol–water partition coefficient (Wildman–Crippen LogP) is 2.13. The molecule has 0 aromatic carbocycles. The maximum Gasteiger partial charge on any atom is 0.317 e. The van der Waals surface area contributed by atoms with Gasteiger partial charge in [-0.2, -0.15) is 0 Å². The zero-order chi connectivity index (χ0) is 16.4. The number of urea groups is 1. The number of rotatable bonds is 4. The number of nitrogens with one attached hydrogen (secondary N) is 1. The first-order valence-electron chi connectivity index (χ1n) is 9.63. The molecule has 5 nitrogen and oxygen atoms in total. The molecule has 0 aromatic rings. The number of piperidine rings is 2. The summed E-state index contributed by atoms with van der Waals surface area (Å²) in [4.78, 5) is 19.7. The molecule has 2 bridgehead atoms. The van der Waals surface area contributed by atoms with Crippen LogP contribution in [0.15, 0.2) is 0 Å². The lowest BCUT2D eigenvalue weighted by Crippen LogP contribution is -2.56. The Hall–Kier alpha value is -0.810. The minimum atomic E-state index is 0.173. The van der Waals surface area contributed by atoms with Crippen LogP contribution in [0.1, 0.15) is 52.4 Å². The van der Waals surface area contributed by atoms with E-state index >= 15 is 0 Å². The van der Waals surface area contributed by atoms with E-state index in [2.05, 4.69) is 36.0 Å². The highest BCUT2D eigenvalue weighted by Crippen LogP contribution is 2.32. The van der Waals surface area contributed by atoms with Gasteiger partial charge in [0.25, 0.3) is 0 Å². The van der Waals surface area contributed by atoms with E-state index in [9.17, 15) is 4.79 Å². The third kappa shape index (κ3) is 3.66. The fourth-order valence-electron chi connectivity index (χ4n) is 4.96. The van der Waals surface area contributed by atoms with Gasteiger partial charge < -0.3 is 15.1 Å². The van der Waals surface area contributed by atoms with Gasteiger partial charge in [-0.3, -0.25) is 4.90 Å². The molecular formula is C18H34N4O. The summed E-state index contributed by atoms with van der Waals surface area (Å²) in [6.45, 7) is 8.39. The van der Waals surface area contributed by atoms with Crippen molar-refractivity contribution in [1.29, 1.82) is 0 Å². The summed E-state index contributed by atoms with van der Waals surface area (Å²) in [6, 6.07) is 2.45. The molecule has 23 heavy (non-hydrogen) atoms. The smallest absolute Gasteiger partial charge is 0.317 e. The Morgan fingerprint density at radius 1 is 1.13 bits per heavy atom. The van der Waals surface area contributed by atoms with Crippen molar-refractivity contribution in [2.45, 2.75) is 76.5 Å². The summed E-state index contributed by atoms with van der Waals surface area (Å²) in [5.41, 5.74) is 0. The van der Waals surface area contributed by atoms with Crippen LogP contribution in [0.2, 0.25) is 0 Å². The molecule has 2 amide bonds. The highest BCUT2D eigenvalue weighted by atomic mass is 16.2. The van der Waals surface area contributed by atoms with Crippen LogP contribution in [0, 0.1) is 0 Å². The standard InChI is InChI=1S/C18H34N4O/c1-4-21(5-2)17-9-10-22(13-17)18(23)19-14-11-15-7-6-8-16(12-14)20(15)3/h14-17H,4-13H2,1-3H3,(H,19,23)/t14?,15-,16+,17?. The van der Waals surface area contributed by atoms with Gasteiger partial charge >= 0.3 is 6.03 Å². The minimum absolute atomic E-state index is 0.173. The Balaban J connectivity index is 1.50.